The quantitative estimate of drug-likeness (QED) is 0.0545. The van der Waals surface area contributed by atoms with E-state index in [1.807, 2.05) is 111 Å². The third-order valence-electron chi connectivity index (χ3n) is 13.0. The summed E-state index contributed by atoms with van der Waals surface area (Å²) in [6, 6.07) is 39.6. The lowest BCUT2D eigenvalue weighted by Gasteiger charge is -2.43. The Bertz CT molecular complexity index is 2990. The molecule has 0 aliphatic heterocycles. The molecule has 17 heteroatoms. The van der Waals surface area contributed by atoms with Gasteiger partial charge in [0.05, 0.1) is 33.5 Å². The Balaban J connectivity index is 0.000000385. The molecule has 2 heterocycles. The molecule has 0 fully saturated rings. The number of nitrogens with one attached hydrogen (secondary N) is 1. The molecule has 4 aromatic carbocycles. The summed E-state index contributed by atoms with van der Waals surface area (Å²) in [6.45, 7) is 24.6. The van der Waals surface area contributed by atoms with Gasteiger partial charge in [-0.05, 0) is 40.2 Å². The number of nitrogens with zero attached hydrogens (tertiary/aromatic N) is 3. The zero-order valence-corrected chi connectivity index (χ0v) is 48.7. The van der Waals surface area contributed by atoms with Gasteiger partial charge in [0, 0.05) is 32.5 Å². The molecule has 0 saturated heterocycles. The highest BCUT2D eigenvalue weighted by Crippen LogP contribution is 2.41. The SMILES string of the molecule is C.C.C=CC(NS(=O)(=N[Si](c1ccccc1)(c1ccccc1)C(C)(C)C)c1cn(C)c(C(=O)OCC)c1Cl)C(C)C.CCOC(=O)c1c(Cl)c(S(=O)(=O)C[Si](c2ccccc2)(c2ccccc2)C(C)(C)C)cn1C. The molecule has 6 rings (SSSR count). The van der Waals surface area contributed by atoms with Crippen LogP contribution in [0.2, 0.25) is 20.1 Å². The number of halogens is 2. The molecule has 2 aromatic heterocycles. The number of ether oxygens (including phenoxy) is 2. The van der Waals surface area contributed by atoms with Crippen molar-refractivity contribution in [1.82, 2.24) is 13.9 Å². The van der Waals surface area contributed by atoms with E-state index in [0.717, 1.165) is 20.7 Å². The summed E-state index contributed by atoms with van der Waals surface area (Å²) in [6.07, 6.45) is 4.79. The maximum atomic E-state index is 15.5. The van der Waals surface area contributed by atoms with Crippen molar-refractivity contribution in [2.75, 3.05) is 18.6 Å². The summed E-state index contributed by atoms with van der Waals surface area (Å²) in [5.41, 5.74) is 0.180. The summed E-state index contributed by atoms with van der Waals surface area (Å²) in [7, 11) is -10.1. The molecular formula is C57H78Cl2N4O7S2Si2. The minimum atomic E-state index is -3.88. The van der Waals surface area contributed by atoms with Gasteiger partial charge >= 0.3 is 11.9 Å². The average Bonchev–Trinajstić information content (AvgIpc) is 3.82. The lowest BCUT2D eigenvalue weighted by molar-refractivity contribution is 0.0506. The zero-order chi connectivity index (χ0) is 53.5. The number of sulfone groups is 1. The number of rotatable bonds is 17. The second-order valence-electron chi connectivity index (χ2n) is 20.1. The van der Waals surface area contributed by atoms with E-state index in [4.69, 9.17) is 36.7 Å². The third kappa shape index (κ3) is 13.0. The summed E-state index contributed by atoms with van der Waals surface area (Å²) in [4.78, 5) is 25.4. The lowest BCUT2D eigenvalue weighted by atomic mass is 10.1. The molecule has 0 bridgehead atoms. The van der Waals surface area contributed by atoms with Gasteiger partial charge in [0.15, 0.2) is 9.84 Å². The first kappa shape index (κ1) is 63.3. The third-order valence-corrected chi connectivity index (χ3v) is 31.5. The van der Waals surface area contributed by atoms with E-state index in [1.54, 1.807) is 44.8 Å². The highest BCUT2D eigenvalue weighted by Gasteiger charge is 2.52. The Morgan fingerprint density at radius 1 is 0.649 bits per heavy atom. The van der Waals surface area contributed by atoms with Crippen LogP contribution in [0.5, 0.6) is 0 Å². The van der Waals surface area contributed by atoms with Crippen molar-refractivity contribution in [3.63, 3.8) is 0 Å². The molecule has 0 radical (unpaired) electrons. The fraction of sp³-hybridized carbons (Fsp3) is 0.368. The van der Waals surface area contributed by atoms with Crippen molar-refractivity contribution in [3.05, 3.63) is 168 Å². The predicted octanol–water partition coefficient (Wildman–Crippen LogP) is 11.5. The number of hydrogen-bond donors (Lipinski definition) is 1. The van der Waals surface area contributed by atoms with Crippen LogP contribution in [0.1, 0.15) is 105 Å². The number of carbonyl (C=O) groups excluding carboxylic acids is 2. The van der Waals surface area contributed by atoms with Gasteiger partial charge in [-0.25, -0.2) is 31.0 Å². The van der Waals surface area contributed by atoms with Crippen LogP contribution in [0.4, 0.5) is 0 Å². The second-order valence-corrected chi connectivity index (χ2v) is 34.6. The van der Waals surface area contributed by atoms with Crippen molar-refractivity contribution >= 4 is 91.9 Å². The van der Waals surface area contributed by atoms with Gasteiger partial charge < -0.3 is 18.6 Å². The summed E-state index contributed by atoms with van der Waals surface area (Å²) >= 11 is 13.4. The number of aromatic nitrogens is 2. The van der Waals surface area contributed by atoms with Crippen LogP contribution < -0.4 is 25.5 Å². The van der Waals surface area contributed by atoms with Gasteiger partial charge in [-0.1, -0.05) is 231 Å². The minimum absolute atomic E-state index is 0. The summed E-state index contributed by atoms with van der Waals surface area (Å²) in [5.74, 6) is -1.14. The lowest BCUT2D eigenvalue weighted by Crippen LogP contribution is -2.68. The van der Waals surface area contributed by atoms with Gasteiger partial charge in [0.25, 0.3) is 8.24 Å². The fourth-order valence-corrected chi connectivity index (χ4v) is 29.7. The van der Waals surface area contributed by atoms with Gasteiger partial charge in [-0.2, -0.15) is 0 Å². The van der Waals surface area contributed by atoms with E-state index in [9.17, 15) is 18.0 Å². The van der Waals surface area contributed by atoms with E-state index >= 15 is 4.21 Å². The van der Waals surface area contributed by atoms with Crippen molar-refractivity contribution in [2.24, 2.45) is 24.0 Å². The molecule has 0 amide bonds. The van der Waals surface area contributed by atoms with E-state index in [0.29, 0.717) is 0 Å². The number of aryl methyl sites for hydroxylation is 2. The summed E-state index contributed by atoms with van der Waals surface area (Å²) in [5, 5.41) is 3.28. The average molecular weight is 1120 g/mol. The smallest absolute Gasteiger partial charge is 0.356 e. The maximum Gasteiger partial charge on any atom is 0.356 e. The number of esters is 2. The van der Waals surface area contributed by atoms with Crippen molar-refractivity contribution in [1.29, 1.82) is 0 Å². The second kappa shape index (κ2) is 25.7. The Hall–Kier alpha value is -5.01. The van der Waals surface area contributed by atoms with Crippen LogP contribution in [0, 0.1) is 5.92 Å². The number of hydrogen-bond acceptors (Lipinski definition) is 8. The molecule has 1 N–H and O–H groups in total. The molecule has 0 spiro atoms. The molecule has 2 unspecified atom stereocenters. The van der Waals surface area contributed by atoms with E-state index < -0.39 is 53.0 Å². The highest BCUT2D eigenvalue weighted by molar-refractivity contribution is 7.93. The molecule has 0 aliphatic carbocycles. The Morgan fingerprint density at radius 3 is 1.32 bits per heavy atom. The van der Waals surface area contributed by atoms with Crippen LogP contribution in [-0.2, 0) is 43.3 Å². The van der Waals surface area contributed by atoms with Gasteiger partial charge in [-0.15, -0.1) is 6.58 Å². The molecule has 0 saturated carbocycles. The van der Waals surface area contributed by atoms with Gasteiger partial charge in [0.2, 0.25) is 0 Å². The first-order valence-corrected chi connectivity index (χ1v) is 32.0. The molecule has 0 aliphatic rings. The molecule has 402 valence electrons. The van der Waals surface area contributed by atoms with Crippen molar-refractivity contribution in [2.45, 2.75) is 110 Å². The monoisotopic (exact) mass is 1120 g/mol. The molecular weight excluding hydrogens is 1040 g/mol. The maximum absolute atomic E-state index is 15.5. The first-order valence-electron chi connectivity index (χ1n) is 23.9. The van der Waals surface area contributed by atoms with Crippen molar-refractivity contribution in [3.8, 4) is 0 Å². The van der Waals surface area contributed by atoms with E-state index in [-0.39, 0.29) is 81.7 Å². The Kier molecular flexibility index (Phi) is 22.0. The van der Waals surface area contributed by atoms with Crippen LogP contribution in [0.15, 0.2) is 160 Å². The largest absolute Gasteiger partial charge is 0.461 e. The standard InChI is InChI=1S/C30H40ClN3O3SSi.C25H30ClNO4SSi.2CH4/c1-9-25(22(3)4)32-38(36,26-21-34(8)28(27(26)31)29(35)37-10-2)33-39(30(5,6)7,23-17-13-11-14-18-23)24-19-15-12-16-20-24;1-6-31-24(28)23-22(26)21(17-27(23)5)32(29,30)18-33(25(2,3)4,19-13-9-7-10-14-19)20-15-11-8-12-16-20;;/h9,11-22,25H,1,10H2,2-8H3,(H,32,33,36);7-17H,6,18H2,1-5H3;2*1H4. The number of benzene rings is 4. The van der Waals surface area contributed by atoms with Crippen LogP contribution >= 0.6 is 23.2 Å². The first-order chi connectivity index (χ1) is 33.8. The molecule has 2 atom stereocenters. The van der Waals surface area contributed by atoms with Crippen LogP contribution in [-0.4, -0.2) is 74.6 Å². The molecule has 6 aromatic rings. The van der Waals surface area contributed by atoms with Gasteiger partial charge in [-0.3, -0.25) is 0 Å². The van der Waals surface area contributed by atoms with Crippen LogP contribution in [0.25, 0.3) is 0 Å². The normalized spacial score (nSPS) is 13.2. The summed E-state index contributed by atoms with van der Waals surface area (Å²) < 4.78 is 65.6. The van der Waals surface area contributed by atoms with E-state index in [1.165, 1.54) is 10.8 Å². The fourth-order valence-electron chi connectivity index (χ4n) is 9.24. The highest BCUT2D eigenvalue weighted by atomic mass is 35.5. The Morgan fingerprint density at radius 2 is 1.00 bits per heavy atom. The Labute approximate surface area is 455 Å². The molecule has 11 nitrogen and oxygen atoms in total. The topological polar surface area (TPSA) is 138 Å². The zero-order valence-electron chi connectivity index (χ0n) is 43.5. The van der Waals surface area contributed by atoms with Crippen molar-refractivity contribution < 1.29 is 31.7 Å². The van der Waals surface area contributed by atoms with E-state index in [2.05, 4.69) is 77.1 Å². The minimum Gasteiger partial charge on any atom is -0.461 e. The molecule has 74 heavy (non-hydrogen) atoms. The van der Waals surface area contributed by atoms with Gasteiger partial charge in [0.1, 0.15) is 34.3 Å². The predicted molar refractivity (Wildman–Crippen MR) is 314 cm³/mol. The van der Waals surface area contributed by atoms with Crippen LogP contribution in [0.3, 0.4) is 0 Å². The number of carbonyl (C=O) groups is 2.